The first-order chi connectivity index (χ1) is 10.6. The van der Waals surface area contributed by atoms with Gasteiger partial charge in [0.25, 0.3) is 0 Å². The predicted molar refractivity (Wildman–Crippen MR) is 81.9 cm³/mol. The van der Waals surface area contributed by atoms with Crippen molar-refractivity contribution in [2.75, 3.05) is 19.1 Å². The Labute approximate surface area is 128 Å². The monoisotopic (exact) mass is 302 g/mol. The minimum absolute atomic E-state index is 0.121. The minimum atomic E-state index is -0.584. The molecule has 0 aliphatic heterocycles. The first-order valence-corrected chi connectivity index (χ1v) is 7.00. The van der Waals surface area contributed by atoms with E-state index in [9.17, 15) is 9.59 Å². The normalized spacial score (nSPS) is 10.3. The highest BCUT2D eigenvalue weighted by molar-refractivity contribution is 6.05. The number of carbonyl (C=O) groups is 2. The average molecular weight is 302 g/mol. The van der Waals surface area contributed by atoms with E-state index in [-0.39, 0.29) is 24.5 Å². The molecular weight excluding hydrogens is 284 g/mol. The van der Waals surface area contributed by atoms with E-state index < -0.39 is 11.9 Å². The van der Waals surface area contributed by atoms with Crippen molar-refractivity contribution in [1.29, 1.82) is 0 Å². The quantitative estimate of drug-likeness (QED) is 0.676. The van der Waals surface area contributed by atoms with E-state index in [1.54, 1.807) is 26.0 Å². The van der Waals surface area contributed by atoms with Crippen LogP contribution >= 0.6 is 0 Å². The van der Waals surface area contributed by atoms with Gasteiger partial charge in [-0.05, 0) is 19.4 Å². The van der Waals surface area contributed by atoms with Gasteiger partial charge in [0.15, 0.2) is 5.69 Å². The molecule has 2 aromatic rings. The molecule has 1 aromatic heterocycles. The number of aromatic nitrogens is 1. The van der Waals surface area contributed by atoms with Gasteiger partial charge in [-0.25, -0.2) is 9.59 Å². The lowest BCUT2D eigenvalue weighted by atomic mass is 10.0. The smallest absolute Gasteiger partial charge is 0.357 e. The summed E-state index contributed by atoms with van der Waals surface area (Å²) in [6.45, 7) is 3.87. The highest BCUT2D eigenvalue weighted by Gasteiger charge is 2.27. The number of esters is 2. The molecule has 0 unspecified atom stereocenters. The fraction of sp³-hybridized carbons (Fsp3) is 0.250. The van der Waals surface area contributed by atoms with Crippen LogP contribution in [0.1, 0.15) is 34.7 Å². The zero-order valence-corrected chi connectivity index (χ0v) is 12.5. The molecular formula is C16H18N2O4. The van der Waals surface area contributed by atoms with Gasteiger partial charge >= 0.3 is 11.9 Å². The van der Waals surface area contributed by atoms with Crippen molar-refractivity contribution in [3.8, 4) is 11.1 Å². The van der Waals surface area contributed by atoms with Crippen LogP contribution in [0.2, 0.25) is 0 Å². The molecule has 1 heterocycles. The van der Waals surface area contributed by atoms with Gasteiger partial charge in [-0.15, -0.1) is 0 Å². The van der Waals surface area contributed by atoms with Gasteiger partial charge in [0.1, 0.15) is 0 Å². The molecule has 0 aliphatic carbocycles. The Morgan fingerprint density at radius 2 is 1.64 bits per heavy atom. The molecule has 6 nitrogen and oxygen atoms in total. The summed E-state index contributed by atoms with van der Waals surface area (Å²) in [5.74, 6) is 4.74. The number of carbonyl (C=O) groups excluding carboxylic acids is 2. The topological polar surface area (TPSA) is 83.5 Å². The van der Waals surface area contributed by atoms with Crippen molar-refractivity contribution >= 4 is 11.9 Å². The maximum atomic E-state index is 12.2. The Bertz CT molecular complexity index is 677. The van der Waals surface area contributed by atoms with E-state index in [2.05, 4.69) is 0 Å². The summed E-state index contributed by atoms with van der Waals surface area (Å²) in [4.78, 5) is 24.3. The number of rotatable bonds is 5. The second-order valence-electron chi connectivity index (χ2n) is 4.48. The van der Waals surface area contributed by atoms with Crippen LogP contribution < -0.4 is 5.84 Å². The second kappa shape index (κ2) is 6.80. The highest BCUT2D eigenvalue weighted by atomic mass is 16.5. The standard InChI is InChI=1S/C16H18N2O4/c1-3-21-15(19)12-10-18(17)14(16(20)22-4-2)13(12)11-8-6-5-7-9-11/h5-10H,3-4,17H2,1-2H3. The maximum Gasteiger partial charge on any atom is 0.357 e. The molecule has 2 rings (SSSR count). The zero-order chi connectivity index (χ0) is 16.1. The lowest BCUT2D eigenvalue weighted by molar-refractivity contribution is 0.0515. The summed E-state index contributed by atoms with van der Waals surface area (Å²) in [6.07, 6.45) is 1.38. The van der Waals surface area contributed by atoms with Gasteiger partial charge in [0, 0.05) is 11.8 Å². The molecule has 0 aliphatic rings. The Hall–Kier alpha value is -2.76. The van der Waals surface area contributed by atoms with Crippen molar-refractivity contribution in [1.82, 2.24) is 4.68 Å². The Morgan fingerprint density at radius 1 is 1.05 bits per heavy atom. The summed E-state index contributed by atoms with van der Waals surface area (Å²) < 4.78 is 11.2. The molecule has 6 heteroatoms. The summed E-state index contributed by atoms with van der Waals surface area (Å²) in [5, 5.41) is 0. The van der Waals surface area contributed by atoms with E-state index in [1.807, 2.05) is 18.2 Å². The zero-order valence-electron chi connectivity index (χ0n) is 12.5. The van der Waals surface area contributed by atoms with Crippen LogP contribution in [0.4, 0.5) is 0 Å². The van der Waals surface area contributed by atoms with E-state index >= 15 is 0 Å². The van der Waals surface area contributed by atoms with E-state index in [0.717, 1.165) is 4.68 Å². The number of nitrogens with two attached hydrogens (primary N) is 1. The van der Waals surface area contributed by atoms with Crippen LogP contribution in [0, 0.1) is 0 Å². The predicted octanol–water partition coefficient (Wildman–Crippen LogP) is 2.22. The number of ether oxygens (including phenoxy) is 2. The molecule has 116 valence electrons. The summed E-state index contributed by atoms with van der Waals surface area (Å²) in [7, 11) is 0. The number of hydrogen-bond acceptors (Lipinski definition) is 5. The Balaban J connectivity index is 2.63. The van der Waals surface area contributed by atoms with Crippen LogP contribution in [-0.2, 0) is 9.47 Å². The largest absolute Gasteiger partial charge is 0.462 e. The number of hydrogen-bond donors (Lipinski definition) is 1. The third-order valence-corrected chi connectivity index (χ3v) is 3.06. The van der Waals surface area contributed by atoms with Gasteiger partial charge in [0.05, 0.1) is 18.8 Å². The van der Waals surface area contributed by atoms with Crippen molar-refractivity contribution in [2.24, 2.45) is 0 Å². The summed E-state index contributed by atoms with van der Waals surface area (Å²) >= 11 is 0. The molecule has 0 fully saturated rings. The average Bonchev–Trinajstić information content (AvgIpc) is 2.86. The van der Waals surface area contributed by atoms with Crippen molar-refractivity contribution in [3.05, 3.63) is 47.8 Å². The molecule has 0 spiro atoms. The van der Waals surface area contributed by atoms with Crippen LogP contribution in [0.5, 0.6) is 0 Å². The lowest BCUT2D eigenvalue weighted by Crippen LogP contribution is -2.18. The molecule has 0 radical (unpaired) electrons. The number of benzene rings is 1. The molecule has 0 bridgehead atoms. The van der Waals surface area contributed by atoms with Gasteiger partial charge < -0.3 is 15.3 Å². The molecule has 0 atom stereocenters. The molecule has 2 N–H and O–H groups in total. The first-order valence-electron chi connectivity index (χ1n) is 7.00. The van der Waals surface area contributed by atoms with Crippen LogP contribution in [0.25, 0.3) is 11.1 Å². The Kier molecular flexibility index (Phi) is 4.83. The van der Waals surface area contributed by atoms with Crippen molar-refractivity contribution in [3.63, 3.8) is 0 Å². The molecule has 22 heavy (non-hydrogen) atoms. The Morgan fingerprint density at radius 3 is 2.23 bits per heavy atom. The van der Waals surface area contributed by atoms with Gasteiger partial charge in [-0.2, -0.15) is 0 Å². The molecule has 1 aromatic carbocycles. The third kappa shape index (κ3) is 2.95. The molecule has 0 amide bonds. The number of nitrogens with zero attached hydrogens (tertiary/aromatic N) is 1. The van der Waals surface area contributed by atoms with Crippen molar-refractivity contribution < 1.29 is 19.1 Å². The maximum absolute atomic E-state index is 12.2. The van der Waals surface area contributed by atoms with Crippen LogP contribution in [0.3, 0.4) is 0 Å². The van der Waals surface area contributed by atoms with Crippen LogP contribution in [0.15, 0.2) is 36.5 Å². The van der Waals surface area contributed by atoms with Crippen LogP contribution in [-0.4, -0.2) is 29.8 Å². The van der Waals surface area contributed by atoms with E-state index in [1.165, 1.54) is 6.20 Å². The fourth-order valence-corrected chi connectivity index (χ4v) is 2.19. The second-order valence-corrected chi connectivity index (χ2v) is 4.48. The molecule has 0 saturated carbocycles. The third-order valence-electron chi connectivity index (χ3n) is 3.06. The van der Waals surface area contributed by atoms with E-state index in [4.69, 9.17) is 15.3 Å². The number of nitrogen functional groups attached to an aromatic ring is 1. The van der Waals surface area contributed by atoms with Gasteiger partial charge in [-0.3, -0.25) is 4.68 Å². The van der Waals surface area contributed by atoms with Crippen molar-refractivity contribution in [2.45, 2.75) is 13.8 Å². The van der Waals surface area contributed by atoms with Gasteiger partial charge in [0.2, 0.25) is 0 Å². The summed E-state index contributed by atoms with van der Waals surface area (Å²) in [5.41, 5.74) is 1.47. The SMILES string of the molecule is CCOC(=O)c1cn(N)c(C(=O)OCC)c1-c1ccccc1. The fourth-order valence-electron chi connectivity index (χ4n) is 2.19. The lowest BCUT2D eigenvalue weighted by Gasteiger charge is -2.08. The minimum Gasteiger partial charge on any atom is -0.462 e. The van der Waals surface area contributed by atoms with Gasteiger partial charge in [-0.1, -0.05) is 30.3 Å². The highest BCUT2D eigenvalue weighted by Crippen LogP contribution is 2.30. The summed E-state index contributed by atoms with van der Waals surface area (Å²) in [6, 6.07) is 9.05. The first kappa shape index (κ1) is 15.6. The van der Waals surface area contributed by atoms with E-state index in [0.29, 0.717) is 11.1 Å². The molecule has 0 saturated heterocycles.